The van der Waals surface area contributed by atoms with E-state index < -0.39 is 12.7 Å². The fraction of sp³-hybridized carbons (Fsp3) is 0.238. The minimum atomic E-state index is -2.44. The number of benzene rings is 1. The Morgan fingerprint density at radius 3 is 2.92 bits per heavy atom. The van der Waals surface area contributed by atoms with Crippen LogP contribution in [0.25, 0.3) is 33.2 Å². The normalized spacial score (nSPS) is 17.1. The topological polar surface area (TPSA) is 29.9 Å². The van der Waals surface area contributed by atoms with Gasteiger partial charge in [0.05, 0.1) is 5.69 Å². The molecule has 0 amide bonds. The van der Waals surface area contributed by atoms with Crippen molar-refractivity contribution in [3.63, 3.8) is 0 Å². The monoisotopic (exact) mass is 321 g/mol. The number of aromatic nitrogens is 2. The van der Waals surface area contributed by atoms with Crippen LogP contribution in [0.1, 0.15) is 36.4 Å². The van der Waals surface area contributed by atoms with Crippen LogP contribution in [0, 0.1) is 6.92 Å². The molecule has 4 aromatic rings. The number of aryl methyl sites for hydroxylation is 2. The zero-order chi connectivity index (χ0) is 20.3. The average molecular weight is 321 g/mol. The lowest BCUT2D eigenvalue weighted by Gasteiger charge is -2.08. The standard InChI is InChI=1S/C21H21N2O/c1-13(2)15-9-10-23(4)18(11-15)20-14(3)22-12-17-16-7-5-6-8-19(16)24-21(17)20/h5-13H,1-4H3/q+1/i1D3,13D. The molecule has 1 unspecified atom stereocenters. The molecule has 0 N–H and O–H groups in total. The highest BCUT2D eigenvalue weighted by Crippen LogP contribution is 2.36. The van der Waals surface area contributed by atoms with Crippen molar-refractivity contribution in [2.45, 2.75) is 26.6 Å². The summed E-state index contributed by atoms with van der Waals surface area (Å²) in [5.74, 6) is -1.72. The van der Waals surface area contributed by atoms with Crippen LogP contribution >= 0.6 is 0 Å². The Balaban J connectivity index is 2.03. The Morgan fingerprint density at radius 1 is 1.25 bits per heavy atom. The molecule has 0 fully saturated rings. The first-order chi connectivity index (χ1) is 13.1. The van der Waals surface area contributed by atoms with Crippen LogP contribution in [0.2, 0.25) is 0 Å². The van der Waals surface area contributed by atoms with Gasteiger partial charge in [0.1, 0.15) is 18.2 Å². The van der Waals surface area contributed by atoms with Crippen LogP contribution in [-0.2, 0) is 7.05 Å². The quantitative estimate of drug-likeness (QED) is 0.491. The van der Waals surface area contributed by atoms with E-state index in [0.717, 1.165) is 33.3 Å². The number of para-hydroxylation sites is 1. The summed E-state index contributed by atoms with van der Waals surface area (Å²) >= 11 is 0. The summed E-state index contributed by atoms with van der Waals surface area (Å²) in [5.41, 5.74) is 4.25. The van der Waals surface area contributed by atoms with Gasteiger partial charge in [0.15, 0.2) is 11.8 Å². The van der Waals surface area contributed by atoms with Gasteiger partial charge in [-0.05, 0) is 24.4 Å². The maximum absolute atomic E-state index is 8.44. The van der Waals surface area contributed by atoms with E-state index in [1.165, 1.54) is 6.92 Å². The molecular weight excluding hydrogens is 296 g/mol. The molecule has 0 bridgehead atoms. The Kier molecular flexibility index (Phi) is 2.49. The number of fused-ring (bicyclic) bond motifs is 3. The molecule has 3 heterocycles. The minimum Gasteiger partial charge on any atom is -0.455 e. The van der Waals surface area contributed by atoms with Gasteiger partial charge in [-0.1, -0.05) is 32.0 Å². The third kappa shape index (κ3) is 2.20. The van der Waals surface area contributed by atoms with Gasteiger partial charge in [-0.15, -0.1) is 0 Å². The second kappa shape index (κ2) is 5.45. The van der Waals surface area contributed by atoms with Crippen molar-refractivity contribution in [3.05, 3.63) is 60.0 Å². The van der Waals surface area contributed by atoms with Crippen molar-refractivity contribution in [1.82, 2.24) is 4.98 Å². The molecule has 0 aliphatic rings. The second-order valence-corrected chi connectivity index (χ2v) is 6.10. The van der Waals surface area contributed by atoms with Crippen molar-refractivity contribution in [3.8, 4) is 11.3 Å². The number of rotatable bonds is 2. The highest BCUT2D eigenvalue weighted by molar-refractivity contribution is 6.09. The van der Waals surface area contributed by atoms with Crippen molar-refractivity contribution in [2.75, 3.05) is 0 Å². The Labute approximate surface area is 147 Å². The number of furan rings is 1. The summed E-state index contributed by atoms with van der Waals surface area (Å²) < 4.78 is 39.8. The van der Waals surface area contributed by atoms with Gasteiger partial charge in [-0.25, -0.2) is 4.57 Å². The number of nitrogens with zero attached hydrogens (tertiary/aromatic N) is 2. The highest BCUT2D eigenvalue weighted by Gasteiger charge is 2.22. The summed E-state index contributed by atoms with van der Waals surface area (Å²) in [7, 11) is 1.89. The Bertz CT molecular complexity index is 1210. The van der Waals surface area contributed by atoms with E-state index in [9.17, 15) is 0 Å². The van der Waals surface area contributed by atoms with Gasteiger partial charge in [0, 0.05) is 34.6 Å². The Hall–Kier alpha value is -2.68. The van der Waals surface area contributed by atoms with Crippen LogP contribution in [0.15, 0.2) is 53.2 Å². The summed E-state index contributed by atoms with van der Waals surface area (Å²) in [6, 6.07) is 11.2. The smallest absolute Gasteiger partial charge is 0.218 e. The molecule has 0 aliphatic heterocycles. The molecule has 0 radical (unpaired) electrons. The predicted octanol–water partition coefficient (Wildman–Crippen LogP) is 4.90. The van der Waals surface area contributed by atoms with E-state index in [4.69, 9.17) is 9.90 Å². The third-order valence-corrected chi connectivity index (χ3v) is 4.45. The molecule has 120 valence electrons. The third-order valence-electron chi connectivity index (χ3n) is 4.45. The predicted molar refractivity (Wildman–Crippen MR) is 97.0 cm³/mol. The van der Waals surface area contributed by atoms with Crippen LogP contribution < -0.4 is 4.57 Å². The van der Waals surface area contributed by atoms with E-state index in [1.54, 1.807) is 24.5 Å². The second-order valence-electron chi connectivity index (χ2n) is 6.10. The summed E-state index contributed by atoms with van der Waals surface area (Å²) in [6.07, 6.45) is 3.59. The molecule has 0 saturated heterocycles. The zero-order valence-corrected chi connectivity index (χ0v) is 13.9. The van der Waals surface area contributed by atoms with Crippen LogP contribution in [0.5, 0.6) is 0 Å². The number of hydrogen-bond donors (Lipinski definition) is 0. The SMILES string of the molecule is [2H]C([2H])([2H])C([2H])(C)c1cc[n+](C)c(-c2c(C)ncc3c2oc2ccccc23)c1. The average Bonchev–Trinajstić information content (AvgIpc) is 3.00. The molecule has 24 heavy (non-hydrogen) atoms. The van der Waals surface area contributed by atoms with Crippen LogP contribution in [-0.4, -0.2) is 4.98 Å². The van der Waals surface area contributed by atoms with E-state index in [1.807, 2.05) is 42.8 Å². The van der Waals surface area contributed by atoms with E-state index in [0.29, 0.717) is 11.1 Å². The molecule has 4 rings (SSSR count). The van der Waals surface area contributed by atoms with E-state index in [-0.39, 0.29) is 0 Å². The number of hydrogen-bond acceptors (Lipinski definition) is 2. The maximum Gasteiger partial charge on any atom is 0.218 e. The summed E-state index contributed by atoms with van der Waals surface area (Å²) in [6.45, 7) is 0.882. The lowest BCUT2D eigenvalue weighted by Crippen LogP contribution is -2.31. The fourth-order valence-corrected chi connectivity index (χ4v) is 3.12. The molecule has 1 aromatic carbocycles. The van der Waals surface area contributed by atoms with Gasteiger partial charge in [0.2, 0.25) is 5.69 Å². The van der Waals surface area contributed by atoms with Gasteiger partial charge in [-0.3, -0.25) is 4.98 Å². The highest BCUT2D eigenvalue weighted by atomic mass is 16.3. The maximum atomic E-state index is 8.44. The number of pyridine rings is 2. The molecule has 1 atom stereocenters. The van der Waals surface area contributed by atoms with Crippen molar-refractivity contribution >= 4 is 21.9 Å². The van der Waals surface area contributed by atoms with Gasteiger partial charge >= 0.3 is 0 Å². The lowest BCUT2D eigenvalue weighted by atomic mass is 10.00. The first-order valence-corrected chi connectivity index (χ1v) is 7.88. The van der Waals surface area contributed by atoms with Crippen molar-refractivity contribution < 1.29 is 14.5 Å². The zero-order valence-electron chi connectivity index (χ0n) is 17.9. The Morgan fingerprint density at radius 2 is 2.08 bits per heavy atom. The largest absolute Gasteiger partial charge is 0.455 e. The molecule has 3 aromatic heterocycles. The minimum absolute atomic E-state index is 0.424. The van der Waals surface area contributed by atoms with Crippen LogP contribution in [0.3, 0.4) is 0 Å². The van der Waals surface area contributed by atoms with Gasteiger partial charge in [-0.2, -0.15) is 0 Å². The molecule has 0 saturated carbocycles. The molecular formula is C21H21N2O+. The summed E-state index contributed by atoms with van der Waals surface area (Å²) in [4.78, 5) is 4.56. The van der Waals surface area contributed by atoms with Crippen molar-refractivity contribution in [1.29, 1.82) is 0 Å². The molecule has 0 aliphatic carbocycles. The van der Waals surface area contributed by atoms with Gasteiger partial charge < -0.3 is 4.42 Å². The van der Waals surface area contributed by atoms with E-state index >= 15 is 0 Å². The van der Waals surface area contributed by atoms with Crippen molar-refractivity contribution in [2.24, 2.45) is 7.05 Å². The van der Waals surface area contributed by atoms with Gasteiger partial charge in [0.25, 0.3) is 0 Å². The fourth-order valence-electron chi connectivity index (χ4n) is 3.12. The van der Waals surface area contributed by atoms with Crippen LogP contribution in [0.4, 0.5) is 0 Å². The first kappa shape index (κ1) is 11.0. The molecule has 3 heteroatoms. The summed E-state index contributed by atoms with van der Waals surface area (Å²) in [5, 5.41) is 1.89. The lowest BCUT2D eigenvalue weighted by molar-refractivity contribution is -0.660. The molecule has 3 nitrogen and oxygen atoms in total. The first-order valence-electron chi connectivity index (χ1n) is 9.88. The van der Waals surface area contributed by atoms with E-state index in [2.05, 4.69) is 4.98 Å². The molecule has 0 spiro atoms.